The van der Waals surface area contributed by atoms with Crippen LogP contribution in [0.5, 0.6) is 0 Å². The highest BCUT2D eigenvalue weighted by Crippen LogP contribution is 2.35. The van der Waals surface area contributed by atoms with Crippen molar-refractivity contribution >= 4 is 38.3 Å². The summed E-state index contributed by atoms with van der Waals surface area (Å²) in [5.41, 5.74) is 8.35. The molecule has 0 aromatic carbocycles. The number of nitrogen functional groups attached to an aromatic ring is 1. The predicted octanol–water partition coefficient (Wildman–Crippen LogP) is 2.10. The van der Waals surface area contributed by atoms with Crippen LogP contribution in [-0.2, 0) is 0 Å². The summed E-state index contributed by atoms with van der Waals surface area (Å²) in [6, 6.07) is 0. The number of thiazole rings is 1. The average Bonchev–Trinajstić information content (AvgIpc) is 2.82. The van der Waals surface area contributed by atoms with Crippen molar-refractivity contribution < 1.29 is 0 Å². The molecule has 80 valence electrons. The van der Waals surface area contributed by atoms with Gasteiger partial charge in [-0.1, -0.05) is 11.3 Å². The fourth-order valence-electron chi connectivity index (χ4n) is 1.43. The number of hydrogen-bond donors (Lipinski definition) is 1. The Morgan fingerprint density at radius 2 is 2.06 bits per heavy atom. The van der Waals surface area contributed by atoms with E-state index in [2.05, 4.69) is 19.3 Å². The first kappa shape index (κ1) is 9.61. The van der Waals surface area contributed by atoms with Crippen molar-refractivity contribution in [3.05, 3.63) is 18.1 Å². The van der Waals surface area contributed by atoms with E-state index in [1.165, 1.54) is 22.9 Å². The number of aromatic nitrogens is 4. The van der Waals surface area contributed by atoms with Gasteiger partial charge < -0.3 is 5.73 Å². The zero-order valence-electron chi connectivity index (χ0n) is 8.34. The highest BCUT2D eigenvalue weighted by atomic mass is 32.1. The van der Waals surface area contributed by atoms with Crippen LogP contribution in [0, 0.1) is 6.92 Å². The third-order valence-corrected chi connectivity index (χ3v) is 3.89. The summed E-state index contributed by atoms with van der Waals surface area (Å²) in [5.74, 6) is 0. The van der Waals surface area contributed by atoms with Crippen molar-refractivity contribution in [1.82, 2.24) is 19.3 Å². The zero-order chi connectivity index (χ0) is 11.1. The third kappa shape index (κ3) is 1.36. The molecule has 0 spiro atoms. The van der Waals surface area contributed by atoms with Gasteiger partial charge in [0.1, 0.15) is 10.0 Å². The number of rotatable bonds is 1. The van der Waals surface area contributed by atoms with Crippen LogP contribution in [0.1, 0.15) is 5.69 Å². The number of anilines is 1. The Balaban J connectivity index is 2.27. The Kier molecular flexibility index (Phi) is 2.08. The van der Waals surface area contributed by atoms with Crippen LogP contribution in [0.4, 0.5) is 5.00 Å². The highest BCUT2D eigenvalue weighted by Gasteiger charge is 2.15. The monoisotopic (exact) mass is 249 g/mol. The fraction of sp³-hybridized carbons (Fsp3) is 0.111. The van der Waals surface area contributed by atoms with E-state index in [9.17, 15) is 0 Å². The first-order valence-corrected chi connectivity index (χ1v) is 6.14. The number of aryl methyl sites for hydroxylation is 1. The van der Waals surface area contributed by atoms with E-state index in [0.29, 0.717) is 10.6 Å². The van der Waals surface area contributed by atoms with Gasteiger partial charge in [-0.25, -0.2) is 15.0 Å². The molecule has 16 heavy (non-hydrogen) atoms. The molecule has 3 heterocycles. The standard InChI is InChI=1S/C9H7N5S2/c1-4-5(6(10)16-14-4)8-13-7-9(15-8)12-3-2-11-7/h2-3H,10H2,1H3. The van der Waals surface area contributed by atoms with E-state index in [4.69, 9.17) is 5.73 Å². The second-order valence-corrected chi connectivity index (χ2v) is 4.99. The van der Waals surface area contributed by atoms with Gasteiger partial charge in [0.25, 0.3) is 0 Å². The van der Waals surface area contributed by atoms with Gasteiger partial charge in [0.15, 0.2) is 10.5 Å². The molecule has 0 aliphatic rings. The molecule has 0 fully saturated rings. The molecule has 3 aromatic rings. The van der Waals surface area contributed by atoms with Crippen molar-refractivity contribution in [2.24, 2.45) is 0 Å². The van der Waals surface area contributed by atoms with E-state index in [1.807, 2.05) is 6.92 Å². The van der Waals surface area contributed by atoms with E-state index in [0.717, 1.165) is 21.1 Å². The molecule has 0 saturated carbocycles. The van der Waals surface area contributed by atoms with Crippen LogP contribution in [0.2, 0.25) is 0 Å². The van der Waals surface area contributed by atoms with E-state index >= 15 is 0 Å². The van der Waals surface area contributed by atoms with Crippen molar-refractivity contribution in [1.29, 1.82) is 0 Å². The molecule has 5 nitrogen and oxygen atoms in total. The van der Waals surface area contributed by atoms with Crippen LogP contribution < -0.4 is 5.73 Å². The lowest BCUT2D eigenvalue weighted by molar-refractivity contribution is 1.26. The maximum atomic E-state index is 5.88. The lowest BCUT2D eigenvalue weighted by Crippen LogP contribution is -1.85. The summed E-state index contributed by atoms with van der Waals surface area (Å²) in [6.45, 7) is 1.93. The molecule has 2 N–H and O–H groups in total. The second-order valence-electron chi connectivity index (χ2n) is 3.21. The van der Waals surface area contributed by atoms with Gasteiger partial charge in [-0.15, -0.1) is 0 Å². The van der Waals surface area contributed by atoms with Gasteiger partial charge in [-0.05, 0) is 18.5 Å². The van der Waals surface area contributed by atoms with Crippen LogP contribution in [0.15, 0.2) is 12.4 Å². The molecule has 0 bridgehead atoms. The Morgan fingerprint density at radius 1 is 1.25 bits per heavy atom. The molecule has 0 saturated heterocycles. The zero-order valence-corrected chi connectivity index (χ0v) is 9.97. The number of nitrogens with two attached hydrogens (primary N) is 1. The molecule has 3 aromatic heterocycles. The SMILES string of the molecule is Cc1nsc(N)c1-c1nc2nccnc2s1. The summed E-state index contributed by atoms with van der Waals surface area (Å²) < 4.78 is 4.21. The maximum Gasteiger partial charge on any atom is 0.190 e. The van der Waals surface area contributed by atoms with Crippen LogP contribution in [-0.4, -0.2) is 19.3 Å². The minimum atomic E-state index is 0.660. The average molecular weight is 249 g/mol. The summed E-state index contributed by atoms with van der Waals surface area (Å²) in [7, 11) is 0. The summed E-state index contributed by atoms with van der Waals surface area (Å²) in [4.78, 5) is 13.6. The topological polar surface area (TPSA) is 77.6 Å². The van der Waals surface area contributed by atoms with E-state index in [-0.39, 0.29) is 0 Å². The fourth-order valence-corrected chi connectivity index (χ4v) is 3.14. The first-order chi connectivity index (χ1) is 7.75. The smallest absolute Gasteiger partial charge is 0.190 e. The van der Waals surface area contributed by atoms with E-state index in [1.54, 1.807) is 12.4 Å². The summed E-state index contributed by atoms with van der Waals surface area (Å²) in [6.07, 6.45) is 3.29. The van der Waals surface area contributed by atoms with Crippen LogP contribution in [0.3, 0.4) is 0 Å². The molecule has 0 unspecified atom stereocenters. The minimum Gasteiger partial charge on any atom is -0.389 e. The molecule has 0 amide bonds. The van der Waals surface area contributed by atoms with Gasteiger partial charge in [-0.3, -0.25) is 0 Å². The van der Waals surface area contributed by atoms with Gasteiger partial charge in [0.05, 0.1) is 11.3 Å². The van der Waals surface area contributed by atoms with Crippen molar-refractivity contribution in [3.8, 4) is 10.6 Å². The number of nitrogens with zero attached hydrogens (tertiary/aromatic N) is 4. The lowest BCUT2D eigenvalue weighted by atomic mass is 10.3. The maximum absolute atomic E-state index is 5.88. The quantitative estimate of drug-likeness (QED) is 0.714. The van der Waals surface area contributed by atoms with Crippen molar-refractivity contribution in [2.75, 3.05) is 5.73 Å². The predicted molar refractivity (Wildman–Crippen MR) is 65.5 cm³/mol. The van der Waals surface area contributed by atoms with Gasteiger partial charge >= 0.3 is 0 Å². The Bertz CT molecular complexity index is 604. The van der Waals surface area contributed by atoms with E-state index < -0.39 is 0 Å². The van der Waals surface area contributed by atoms with Crippen LogP contribution >= 0.6 is 22.9 Å². The summed E-state index contributed by atoms with van der Waals surface area (Å²) in [5, 5.41) is 1.53. The van der Waals surface area contributed by atoms with Crippen LogP contribution in [0.25, 0.3) is 21.0 Å². The molecule has 0 aliphatic carbocycles. The molecule has 0 aliphatic heterocycles. The normalized spacial score (nSPS) is 11.1. The summed E-state index contributed by atoms with van der Waals surface area (Å²) >= 11 is 2.77. The number of hydrogen-bond acceptors (Lipinski definition) is 7. The third-order valence-electron chi connectivity index (χ3n) is 2.15. The molecular formula is C9H7N5S2. The van der Waals surface area contributed by atoms with Gasteiger partial charge in [0, 0.05) is 12.4 Å². The Labute approximate surface area is 99.2 Å². The van der Waals surface area contributed by atoms with Crippen molar-refractivity contribution in [2.45, 2.75) is 6.92 Å². The van der Waals surface area contributed by atoms with Gasteiger partial charge in [-0.2, -0.15) is 4.37 Å². The Morgan fingerprint density at radius 3 is 2.75 bits per heavy atom. The van der Waals surface area contributed by atoms with Crippen molar-refractivity contribution in [3.63, 3.8) is 0 Å². The first-order valence-electron chi connectivity index (χ1n) is 4.55. The van der Waals surface area contributed by atoms with Gasteiger partial charge in [0.2, 0.25) is 0 Å². The second kappa shape index (κ2) is 3.46. The lowest BCUT2D eigenvalue weighted by Gasteiger charge is -1.92. The Hall–Kier alpha value is -1.60. The molecule has 0 atom stereocenters. The highest BCUT2D eigenvalue weighted by molar-refractivity contribution is 7.21. The minimum absolute atomic E-state index is 0.660. The molecular weight excluding hydrogens is 242 g/mol. The largest absolute Gasteiger partial charge is 0.389 e. The number of fused-ring (bicyclic) bond motifs is 1. The molecule has 3 rings (SSSR count). The molecule has 7 heteroatoms. The molecule has 0 radical (unpaired) electrons.